The van der Waals surface area contributed by atoms with Crippen molar-refractivity contribution < 1.29 is 4.74 Å². The Bertz CT molecular complexity index is 443. The molecule has 1 atom stereocenters. The Balaban J connectivity index is 2.11. The molecule has 2 rings (SSSR count). The number of likely N-dealkylation sites (N-methyl/N-ethyl adjacent to an activating group) is 1. The van der Waals surface area contributed by atoms with Crippen molar-refractivity contribution in [2.24, 2.45) is 0 Å². The largest absolute Gasteiger partial charge is 0.480 e. The van der Waals surface area contributed by atoms with E-state index in [4.69, 9.17) is 4.74 Å². The number of aromatic nitrogens is 3. The van der Waals surface area contributed by atoms with E-state index in [-0.39, 0.29) is 6.04 Å². The first-order chi connectivity index (χ1) is 8.33. The molecule has 1 unspecified atom stereocenters. The van der Waals surface area contributed by atoms with Crippen molar-refractivity contribution in [3.63, 3.8) is 0 Å². The molecule has 6 heteroatoms. The summed E-state index contributed by atoms with van der Waals surface area (Å²) in [4.78, 5) is 5.29. The van der Waals surface area contributed by atoms with E-state index >= 15 is 0 Å². The fourth-order valence-electron chi connectivity index (χ4n) is 1.52. The second-order valence-corrected chi connectivity index (χ2v) is 4.48. The van der Waals surface area contributed by atoms with E-state index in [1.807, 2.05) is 30.9 Å². The number of nitrogens with one attached hydrogen (secondary N) is 1. The summed E-state index contributed by atoms with van der Waals surface area (Å²) in [5, 5.41) is 11.3. The lowest BCUT2D eigenvalue weighted by Gasteiger charge is -2.13. The van der Waals surface area contributed by atoms with Crippen LogP contribution in [-0.2, 0) is 6.42 Å². The summed E-state index contributed by atoms with van der Waals surface area (Å²) < 4.78 is 4.99. The molecule has 0 fully saturated rings. The Labute approximate surface area is 104 Å². The Morgan fingerprint density at radius 2 is 2.29 bits per heavy atom. The maximum atomic E-state index is 4.99. The second-order valence-electron chi connectivity index (χ2n) is 3.51. The zero-order valence-corrected chi connectivity index (χ0v) is 10.6. The topological polar surface area (TPSA) is 59.9 Å². The lowest BCUT2D eigenvalue weighted by molar-refractivity contribution is 0.389. The maximum absolute atomic E-state index is 4.99. The van der Waals surface area contributed by atoms with Crippen LogP contribution in [0.15, 0.2) is 23.8 Å². The predicted molar refractivity (Wildman–Crippen MR) is 66.2 cm³/mol. The predicted octanol–water partition coefficient (Wildman–Crippen LogP) is 1.44. The van der Waals surface area contributed by atoms with Gasteiger partial charge in [-0.15, -0.1) is 16.4 Å². The highest BCUT2D eigenvalue weighted by atomic mass is 32.1. The van der Waals surface area contributed by atoms with Crippen LogP contribution < -0.4 is 10.1 Å². The van der Waals surface area contributed by atoms with Crippen LogP contribution in [-0.4, -0.2) is 29.3 Å². The molecule has 2 heterocycles. The molecule has 0 aliphatic rings. The smallest absolute Gasteiger partial charge is 0.233 e. The molecule has 0 amide bonds. The third-order valence-electron chi connectivity index (χ3n) is 2.46. The number of thiazole rings is 1. The molecule has 0 saturated heterocycles. The van der Waals surface area contributed by atoms with Gasteiger partial charge in [0.15, 0.2) is 0 Å². The van der Waals surface area contributed by atoms with E-state index in [0.29, 0.717) is 5.88 Å². The van der Waals surface area contributed by atoms with Crippen LogP contribution in [0.3, 0.4) is 0 Å². The van der Waals surface area contributed by atoms with E-state index in [0.717, 1.165) is 12.1 Å². The molecule has 0 aromatic carbocycles. The summed E-state index contributed by atoms with van der Waals surface area (Å²) in [5.74, 6) is 0.529. The van der Waals surface area contributed by atoms with Gasteiger partial charge in [0, 0.05) is 23.6 Å². The molecule has 2 aromatic heterocycles. The van der Waals surface area contributed by atoms with Crippen molar-refractivity contribution in [2.45, 2.75) is 12.5 Å². The highest BCUT2D eigenvalue weighted by Crippen LogP contribution is 2.19. The number of ether oxygens (including phenoxy) is 1. The second kappa shape index (κ2) is 5.70. The summed E-state index contributed by atoms with van der Waals surface area (Å²) in [6, 6.07) is 3.89. The summed E-state index contributed by atoms with van der Waals surface area (Å²) in [6.45, 7) is 0. The molecule has 0 bridgehead atoms. The summed E-state index contributed by atoms with van der Waals surface area (Å²) >= 11 is 1.64. The Kier molecular flexibility index (Phi) is 4.00. The van der Waals surface area contributed by atoms with Gasteiger partial charge < -0.3 is 10.1 Å². The van der Waals surface area contributed by atoms with Crippen LogP contribution in [0.25, 0.3) is 0 Å². The van der Waals surface area contributed by atoms with Crippen LogP contribution >= 0.6 is 11.3 Å². The summed E-state index contributed by atoms with van der Waals surface area (Å²) in [7, 11) is 3.49. The minimum atomic E-state index is 0.147. The highest BCUT2D eigenvalue weighted by molar-refractivity contribution is 7.09. The maximum Gasteiger partial charge on any atom is 0.233 e. The average molecular weight is 250 g/mol. The van der Waals surface area contributed by atoms with Gasteiger partial charge in [0.2, 0.25) is 5.88 Å². The van der Waals surface area contributed by atoms with Gasteiger partial charge in [-0.3, -0.25) is 4.98 Å². The van der Waals surface area contributed by atoms with Gasteiger partial charge >= 0.3 is 0 Å². The molecular formula is C11H14N4OS. The first kappa shape index (κ1) is 11.9. The van der Waals surface area contributed by atoms with Gasteiger partial charge in [-0.1, -0.05) is 0 Å². The lowest BCUT2D eigenvalue weighted by Crippen LogP contribution is -2.20. The van der Waals surface area contributed by atoms with E-state index in [1.165, 1.54) is 4.88 Å². The fourth-order valence-corrected chi connectivity index (χ4v) is 2.17. The van der Waals surface area contributed by atoms with Crippen molar-refractivity contribution in [1.82, 2.24) is 20.5 Å². The number of rotatable bonds is 5. The van der Waals surface area contributed by atoms with Gasteiger partial charge in [-0.25, -0.2) is 0 Å². The van der Waals surface area contributed by atoms with E-state index < -0.39 is 0 Å². The summed E-state index contributed by atoms with van der Waals surface area (Å²) in [6.07, 6.45) is 2.74. The lowest BCUT2D eigenvalue weighted by atomic mass is 10.1. The molecule has 5 nitrogen and oxygen atoms in total. The third kappa shape index (κ3) is 2.98. The minimum absolute atomic E-state index is 0.147. The highest BCUT2D eigenvalue weighted by Gasteiger charge is 2.13. The van der Waals surface area contributed by atoms with E-state index in [1.54, 1.807) is 18.4 Å². The number of nitrogens with zero attached hydrogens (tertiary/aromatic N) is 3. The zero-order valence-electron chi connectivity index (χ0n) is 9.75. The Morgan fingerprint density at radius 1 is 1.41 bits per heavy atom. The van der Waals surface area contributed by atoms with Gasteiger partial charge in [0.1, 0.15) is 0 Å². The van der Waals surface area contributed by atoms with Crippen molar-refractivity contribution >= 4 is 11.3 Å². The van der Waals surface area contributed by atoms with Gasteiger partial charge in [0.25, 0.3) is 0 Å². The zero-order chi connectivity index (χ0) is 12.1. The first-order valence-corrected chi connectivity index (χ1v) is 6.13. The van der Waals surface area contributed by atoms with Crippen LogP contribution in [0.4, 0.5) is 0 Å². The van der Waals surface area contributed by atoms with E-state index in [9.17, 15) is 0 Å². The van der Waals surface area contributed by atoms with Crippen LogP contribution in [0, 0.1) is 0 Å². The van der Waals surface area contributed by atoms with Crippen molar-refractivity contribution in [1.29, 1.82) is 0 Å². The standard InChI is InChI=1S/C11H14N4OS/c1-12-10(5-8-6-13-7-17-8)9-3-4-11(16-2)15-14-9/h3-4,6-7,10,12H,5H2,1-2H3. The quantitative estimate of drug-likeness (QED) is 0.870. The molecule has 0 aliphatic carbocycles. The molecule has 1 N–H and O–H groups in total. The van der Waals surface area contributed by atoms with Gasteiger partial charge in [-0.2, -0.15) is 5.10 Å². The number of hydrogen-bond donors (Lipinski definition) is 1. The monoisotopic (exact) mass is 250 g/mol. The Morgan fingerprint density at radius 3 is 2.82 bits per heavy atom. The molecule has 0 radical (unpaired) electrons. The normalized spacial score (nSPS) is 12.4. The third-order valence-corrected chi connectivity index (χ3v) is 3.27. The summed E-state index contributed by atoms with van der Waals surface area (Å²) in [5.41, 5.74) is 2.74. The van der Waals surface area contributed by atoms with Gasteiger partial charge in [0.05, 0.1) is 24.4 Å². The van der Waals surface area contributed by atoms with Crippen molar-refractivity contribution in [3.8, 4) is 5.88 Å². The van der Waals surface area contributed by atoms with Crippen molar-refractivity contribution in [3.05, 3.63) is 34.4 Å². The van der Waals surface area contributed by atoms with Crippen LogP contribution in [0.2, 0.25) is 0 Å². The molecular weight excluding hydrogens is 236 g/mol. The molecule has 0 aliphatic heterocycles. The number of hydrogen-bond acceptors (Lipinski definition) is 6. The minimum Gasteiger partial charge on any atom is -0.480 e. The van der Waals surface area contributed by atoms with Crippen LogP contribution in [0.1, 0.15) is 16.6 Å². The van der Waals surface area contributed by atoms with Gasteiger partial charge in [-0.05, 0) is 13.1 Å². The average Bonchev–Trinajstić information content (AvgIpc) is 2.89. The van der Waals surface area contributed by atoms with Crippen LogP contribution in [0.5, 0.6) is 5.88 Å². The first-order valence-electron chi connectivity index (χ1n) is 5.25. The number of methoxy groups -OCH3 is 1. The molecule has 2 aromatic rings. The van der Waals surface area contributed by atoms with E-state index in [2.05, 4.69) is 20.5 Å². The molecule has 0 saturated carbocycles. The molecule has 90 valence electrons. The molecule has 0 spiro atoms. The molecule has 17 heavy (non-hydrogen) atoms. The fraction of sp³-hybridized carbons (Fsp3) is 0.364. The SMILES string of the molecule is CNC(Cc1cncs1)c1ccc(OC)nn1. The Hall–Kier alpha value is -1.53. The van der Waals surface area contributed by atoms with Crippen molar-refractivity contribution in [2.75, 3.05) is 14.2 Å².